The van der Waals surface area contributed by atoms with Crippen LogP contribution in [0.1, 0.15) is 74.2 Å². The number of nitriles is 1. The second kappa shape index (κ2) is 7.85. The summed E-state index contributed by atoms with van der Waals surface area (Å²) >= 11 is 0. The highest BCUT2D eigenvalue weighted by Crippen LogP contribution is 2.39. The average Bonchev–Trinajstić information content (AvgIpc) is 2.60. The normalized spacial score (nSPS) is 12.0. The van der Waals surface area contributed by atoms with E-state index in [0.29, 0.717) is 27.8 Å². The van der Waals surface area contributed by atoms with Crippen molar-refractivity contribution in [2.75, 3.05) is 0 Å². The summed E-state index contributed by atoms with van der Waals surface area (Å²) in [7, 11) is 0. The predicted octanol–water partition coefficient (Wildman–Crippen LogP) is 4.62. The first-order valence-electron chi connectivity index (χ1n) is 9.15. The molecule has 0 aliphatic heterocycles. The van der Waals surface area contributed by atoms with Crippen molar-refractivity contribution in [3.8, 4) is 11.8 Å². The summed E-state index contributed by atoms with van der Waals surface area (Å²) in [6.07, 6.45) is 1.45. The predicted molar refractivity (Wildman–Crippen MR) is 112 cm³/mol. The van der Waals surface area contributed by atoms with Crippen LogP contribution in [-0.4, -0.2) is 17.2 Å². The van der Waals surface area contributed by atoms with E-state index in [1.54, 1.807) is 36.4 Å². The Morgan fingerprint density at radius 2 is 1.61 bits per heavy atom. The van der Waals surface area contributed by atoms with Crippen LogP contribution in [0, 0.1) is 11.3 Å². The molecule has 0 unspecified atom stereocenters. The van der Waals surface area contributed by atoms with Gasteiger partial charge >= 0.3 is 0 Å². The van der Waals surface area contributed by atoms with Crippen LogP contribution < -0.4 is 5.43 Å². The van der Waals surface area contributed by atoms with Gasteiger partial charge in [-0.15, -0.1) is 0 Å². The molecule has 2 N–H and O–H groups in total. The summed E-state index contributed by atoms with van der Waals surface area (Å²) in [5.41, 5.74) is 4.83. The number of nitrogens with one attached hydrogen (secondary N) is 1. The SMILES string of the molecule is CC(C)(C)c1cc(C(=O)NN=Cc2ccccc2C#N)cc(C(C)(C)C)c1O. The first-order valence-corrected chi connectivity index (χ1v) is 9.15. The molecule has 0 saturated heterocycles. The van der Waals surface area contributed by atoms with Gasteiger partial charge in [0.2, 0.25) is 0 Å². The summed E-state index contributed by atoms with van der Waals surface area (Å²) in [5.74, 6) is -0.148. The minimum Gasteiger partial charge on any atom is -0.507 e. The molecule has 5 heteroatoms. The maximum atomic E-state index is 12.7. The Bertz CT molecular complexity index is 920. The van der Waals surface area contributed by atoms with Gasteiger partial charge in [-0.3, -0.25) is 4.79 Å². The van der Waals surface area contributed by atoms with Gasteiger partial charge in [0.15, 0.2) is 0 Å². The molecule has 2 aromatic rings. The molecule has 0 saturated carbocycles. The lowest BCUT2D eigenvalue weighted by atomic mass is 9.78. The first kappa shape index (κ1) is 21.2. The van der Waals surface area contributed by atoms with Crippen molar-refractivity contribution >= 4 is 12.1 Å². The van der Waals surface area contributed by atoms with Crippen molar-refractivity contribution in [1.29, 1.82) is 5.26 Å². The molecule has 0 aliphatic carbocycles. The highest BCUT2D eigenvalue weighted by molar-refractivity contribution is 5.96. The average molecular weight is 377 g/mol. The number of aromatic hydroxyl groups is 1. The van der Waals surface area contributed by atoms with Crippen molar-refractivity contribution in [2.24, 2.45) is 5.10 Å². The zero-order chi connectivity index (χ0) is 21.1. The summed E-state index contributed by atoms with van der Waals surface area (Å²) in [5, 5.41) is 23.9. The zero-order valence-corrected chi connectivity index (χ0v) is 17.3. The number of rotatable bonds is 3. The largest absolute Gasteiger partial charge is 0.507 e. The van der Waals surface area contributed by atoms with E-state index in [4.69, 9.17) is 5.26 Å². The van der Waals surface area contributed by atoms with Gasteiger partial charge in [0.1, 0.15) is 5.75 Å². The minimum absolute atomic E-state index is 0.225. The monoisotopic (exact) mass is 377 g/mol. The summed E-state index contributed by atoms with van der Waals surface area (Å²) in [4.78, 5) is 12.7. The third-order valence-electron chi connectivity index (χ3n) is 4.44. The van der Waals surface area contributed by atoms with E-state index in [-0.39, 0.29) is 22.5 Å². The van der Waals surface area contributed by atoms with E-state index in [2.05, 4.69) is 16.6 Å². The molecule has 0 radical (unpaired) electrons. The number of hydrogen-bond acceptors (Lipinski definition) is 4. The Labute approximate surface area is 166 Å². The minimum atomic E-state index is -0.373. The lowest BCUT2D eigenvalue weighted by Crippen LogP contribution is -2.22. The molecule has 0 heterocycles. The van der Waals surface area contributed by atoms with Crippen LogP contribution in [0.25, 0.3) is 0 Å². The molecule has 0 aliphatic rings. The van der Waals surface area contributed by atoms with Gasteiger partial charge in [0, 0.05) is 22.3 Å². The van der Waals surface area contributed by atoms with E-state index in [1.807, 2.05) is 41.5 Å². The van der Waals surface area contributed by atoms with Gasteiger partial charge < -0.3 is 5.11 Å². The van der Waals surface area contributed by atoms with Crippen LogP contribution in [0.5, 0.6) is 5.75 Å². The summed E-state index contributed by atoms with van der Waals surface area (Å²) in [6, 6.07) is 12.5. The summed E-state index contributed by atoms with van der Waals surface area (Å²) in [6.45, 7) is 12.0. The number of carbonyl (C=O) groups excluding carboxylic acids is 1. The van der Waals surface area contributed by atoms with Crippen LogP contribution in [0.2, 0.25) is 0 Å². The van der Waals surface area contributed by atoms with Crippen LogP contribution >= 0.6 is 0 Å². The molecule has 146 valence electrons. The van der Waals surface area contributed by atoms with E-state index in [1.165, 1.54) is 6.21 Å². The molecular weight excluding hydrogens is 350 g/mol. The number of nitrogens with zero attached hydrogens (tertiary/aromatic N) is 2. The number of hydrazone groups is 1. The molecule has 1 amide bonds. The molecule has 2 rings (SSSR count). The van der Waals surface area contributed by atoms with Crippen LogP contribution in [0.4, 0.5) is 0 Å². The molecular formula is C23H27N3O2. The Kier molecular flexibility index (Phi) is 5.94. The first-order chi connectivity index (χ1) is 12.9. The van der Waals surface area contributed by atoms with E-state index < -0.39 is 0 Å². The molecule has 28 heavy (non-hydrogen) atoms. The van der Waals surface area contributed by atoms with Gasteiger partial charge in [0.25, 0.3) is 5.91 Å². The number of hydrogen-bond donors (Lipinski definition) is 2. The van der Waals surface area contributed by atoms with Crippen LogP contribution in [0.15, 0.2) is 41.5 Å². The smallest absolute Gasteiger partial charge is 0.271 e. The van der Waals surface area contributed by atoms with Gasteiger partial charge in [-0.1, -0.05) is 59.7 Å². The highest BCUT2D eigenvalue weighted by atomic mass is 16.3. The van der Waals surface area contributed by atoms with Crippen molar-refractivity contribution in [3.63, 3.8) is 0 Å². The highest BCUT2D eigenvalue weighted by Gasteiger charge is 2.27. The number of phenols is 1. The Morgan fingerprint density at radius 3 is 2.11 bits per heavy atom. The maximum Gasteiger partial charge on any atom is 0.271 e. The van der Waals surface area contributed by atoms with Gasteiger partial charge in [-0.2, -0.15) is 10.4 Å². The third-order valence-corrected chi connectivity index (χ3v) is 4.44. The third kappa shape index (κ3) is 4.77. The number of amides is 1. The maximum absolute atomic E-state index is 12.7. The number of benzene rings is 2. The second-order valence-electron chi connectivity index (χ2n) is 8.82. The molecule has 0 fully saturated rings. The fourth-order valence-corrected chi connectivity index (χ4v) is 2.85. The van der Waals surface area contributed by atoms with Gasteiger partial charge in [0.05, 0.1) is 17.8 Å². The lowest BCUT2D eigenvalue weighted by Gasteiger charge is -2.28. The van der Waals surface area contributed by atoms with Crippen molar-refractivity contribution < 1.29 is 9.90 Å². The second-order valence-corrected chi connectivity index (χ2v) is 8.82. The lowest BCUT2D eigenvalue weighted by molar-refractivity contribution is 0.0955. The molecule has 2 aromatic carbocycles. The van der Waals surface area contributed by atoms with E-state index in [0.717, 1.165) is 0 Å². The van der Waals surface area contributed by atoms with E-state index in [9.17, 15) is 9.90 Å². The van der Waals surface area contributed by atoms with Crippen molar-refractivity contribution in [3.05, 3.63) is 64.2 Å². The number of carbonyl (C=O) groups is 1. The molecule has 0 spiro atoms. The molecule has 5 nitrogen and oxygen atoms in total. The molecule has 0 bridgehead atoms. The molecule has 0 atom stereocenters. The quantitative estimate of drug-likeness (QED) is 0.604. The summed E-state index contributed by atoms with van der Waals surface area (Å²) < 4.78 is 0. The van der Waals surface area contributed by atoms with Crippen molar-refractivity contribution in [2.45, 2.75) is 52.4 Å². The Hall–Kier alpha value is -3.13. The number of phenolic OH excluding ortho intramolecular Hbond substituents is 1. The van der Waals surface area contributed by atoms with Crippen LogP contribution in [-0.2, 0) is 10.8 Å². The van der Waals surface area contributed by atoms with Crippen LogP contribution in [0.3, 0.4) is 0 Å². The van der Waals surface area contributed by atoms with Crippen molar-refractivity contribution in [1.82, 2.24) is 5.43 Å². The fourth-order valence-electron chi connectivity index (χ4n) is 2.85. The fraction of sp³-hybridized carbons (Fsp3) is 0.348. The van der Waals surface area contributed by atoms with Gasteiger partial charge in [-0.25, -0.2) is 5.43 Å². The topological polar surface area (TPSA) is 85.5 Å². The Balaban J connectivity index is 2.37. The molecule has 0 aromatic heterocycles. The zero-order valence-electron chi connectivity index (χ0n) is 17.3. The Morgan fingerprint density at radius 1 is 1.07 bits per heavy atom. The standard InChI is InChI=1S/C23H27N3O2/c1-22(2,3)18-11-17(12-19(20(18)27)23(4,5)6)21(28)26-25-14-16-10-8-7-9-15(16)13-24/h7-12,14,27H,1-6H3,(H,26,28). The van der Waals surface area contributed by atoms with E-state index >= 15 is 0 Å². The van der Waals surface area contributed by atoms with Gasteiger partial charge in [-0.05, 0) is 29.0 Å².